The summed E-state index contributed by atoms with van der Waals surface area (Å²) in [7, 11) is 0. The molecule has 3 rings (SSSR count). The van der Waals surface area contributed by atoms with Gasteiger partial charge in [-0.05, 0) is 68.0 Å². The van der Waals surface area contributed by atoms with Gasteiger partial charge in [0.25, 0.3) is 0 Å². The van der Waals surface area contributed by atoms with Crippen molar-refractivity contribution in [3.05, 3.63) is 64.0 Å². The zero-order chi connectivity index (χ0) is 15.7. The fourth-order valence-electron chi connectivity index (χ4n) is 3.06. The third-order valence-corrected chi connectivity index (χ3v) is 4.25. The van der Waals surface area contributed by atoms with Gasteiger partial charge in [-0.2, -0.15) is 0 Å². The van der Waals surface area contributed by atoms with Gasteiger partial charge in [0.05, 0.1) is 6.61 Å². The molecule has 0 saturated carbocycles. The zero-order valence-corrected chi connectivity index (χ0v) is 12.9. The predicted octanol–water partition coefficient (Wildman–Crippen LogP) is 4.39. The summed E-state index contributed by atoms with van der Waals surface area (Å²) in [5.74, 6) is 0.399. The highest BCUT2D eigenvalue weighted by atomic mass is 19.1. The van der Waals surface area contributed by atoms with Crippen molar-refractivity contribution < 1.29 is 13.9 Å². The van der Waals surface area contributed by atoms with Crippen LogP contribution in [0.4, 0.5) is 4.39 Å². The van der Waals surface area contributed by atoms with Crippen LogP contribution in [0.25, 0.3) is 0 Å². The Bertz CT molecular complexity index is 734. The summed E-state index contributed by atoms with van der Waals surface area (Å²) in [6.07, 6.45) is 3.01. The first-order valence-corrected chi connectivity index (χ1v) is 7.64. The van der Waals surface area contributed by atoms with E-state index < -0.39 is 5.82 Å². The molecule has 1 aliphatic rings. The summed E-state index contributed by atoms with van der Waals surface area (Å²) < 4.78 is 19.2. The first-order chi connectivity index (χ1) is 10.6. The highest BCUT2D eigenvalue weighted by Crippen LogP contribution is 2.33. The molecule has 22 heavy (non-hydrogen) atoms. The van der Waals surface area contributed by atoms with Gasteiger partial charge in [-0.3, -0.25) is 4.79 Å². The van der Waals surface area contributed by atoms with Crippen LogP contribution in [0.3, 0.4) is 0 Å². The van der Waals surface area contributed by atoms with Crippen LogP contribution in [0, 0.1) is 19.7 Å². The minimum absolute atomic E-state index is 0.132. The first kappa shape index (κ1) is 14.8. The van der Waals surface area contributed by atoms with Crippen LogP contribution in [0.1, 0.15) is 45.5 Å². The molecule has 2 aromatic carbocycles. The number of ether oxygens (including phenoxy) is 1. The fraction of sp³-hybridized carbons (Fsp3) is 0.316. The van der Waals surface area contributed by atoms with Crippen molar-refractivity contribution in [3.63, 3.8) is 0 Å². The monoisotopic (exact) mass is 298 g/mol. The number of carbonyl (C=O) groups excluding carboxylic acids is 1. The van der Waals surface area contributed by atoms with Gasteiger partial charge in [-0.1, -0.05) is 12.1 Å². The van der Waals surface area contributed by atoms with E-state index in [9.17, 15) is 9.18 Å². The maximum Gasteiger partial charge on any atom is 0.193 e. The van der Waals surface area contributed by atoms with Gasteiger partial charge < -0.3 is 4.74 Å². The van der Waals surface area contributed by atoms with Crippen molar-refractivity contribution in [2.24, 2.45) is 0 Å². The van der Waals surface area contributed by atoms with E-state index in [4.69, 9.17) is 4.74 Å². The molecule has 0 atom stereocenters. The highest BCUT2D eigenvalue weighted by molar-refractivity contribution is 6.10. The molecule has 2 aromatic rings. The third kappa shape index (κ3) is 2.63. The average Bonchev–Trinajstić information content (AvgIpc) is 2.76. The van der Waals surface area contributed by atoms with Crippen molar-refractivity contribution in [3.8, 4) is 5.75 Å². The van der Waals surface area contributed by atoms with Gasteiger partial charge in [0.2, 0.25) is 0 Å². The molecule has 0 aliphatic carbocycles. The van der Waals surface area contributed by atoms with Gasteiger partial charge in [0, 0.05) is 11.1 Å². The number of benzene rings is 2. The Morgan fingerprint density at radius 2 is 2.00 bits per heavy atom. The summed E-state index contributed by atoms with van der Waals surface area (Å²) >= 11 is 0. The second kappa shape index (κ2) is 5.91. The van der Waals surface area contributed by atoms with E-state index in [2.05, 4.69) is 0 Å². The number of carbonyl (C=O) groups is 1. The zero-order valence-electron chi connectivity index (χ0n) is 12.9. The third-order valence-electron chi connectivity index (χ3n) is 4.25. The van der Waals surface area contributed by atoms with Crippen LogP contribution in [-0.4, -0.2) is 12.4 Å². The molecule has 2 nitrogen and oxygen atoms in total. The lowest BCUT2D eigenvalue weighted by atomic mass is 9.91. The minimum atomic E-state index is -0.390. The second-order valence-electron chi connectivity index (χ2n) is 5.82. The van der Waals surface area contributed by atoms with E-state index in [1.54, 1.807) is 12.1 Å². The SMILES string of the molecule is Cc1cc(C(=O)c2cccc(F)c2)c(C)c2c1OCCCC2. The van der Waals surface area contributed by atoms with Crippen LogP contribution in [-0.2, 0) is 6.42 Å². The molecule has 0 unspecified atom stereocenters. The van der Waals surface area contributed by atoms with E-state index in [1.165, 1.54) is 12.1 Å². The fourth-order valence-corrected chi connectivity index (χ4v) is 3.06. The number of halogens is 1. The van der Waals surface area contributed by atoms with E-state index >= 15 is 0 Å². The smallest absolute Gasteiger partial charge is 0.193 e. The lowest BCUT2D eigenvalue weighted by Crippen LogP contribution is -2.08. The summed E-state index contributed by atoms with van der Waals surface area (Å²) in [4.78, 5) is 12.7. The topological polar surface area (TPSA) is 26.3 Å². The van der Waals surface area contributed by atoms with E-state index in [-0.39, 0.29) is 5.78 Å². The molecule has 1 aliphatic heterocycles. The van der Waals surface area contributed by atoms with Gasteiger partial charge in [-0.25, -0.2) is 4.39 Å². The molecule has 0 bridgehead atoms. The first-order valence-electron chi connectivity index (χ1n) is 7.64. The molecule has 0 N–H and O–H groups in total. The lowest BCUT2D eigenvalue weighted by Gasteiger charge is -2.16. The Morgan fingerprint density at radius 3 is 2.77 bits per heavy atom. The summed E-state index contributed by atoms with van der Waals surface area (Å²) in [6.45, 7) is 4.65. The van der Waals surface area contributed by atoms with Crippen molar-refractivity contribution in [2.45, 2.75) is 33.1 Å². The Kier molecular flexibility index (Phi) is 3.97. The van der Waals surface area contributed by atoms with Gasteiger partial charge in [0.1, 0.15) is 11.6 Å². The van der Waals surface area contributed by atoms with Gasteiger partial charge in [0.15, 0.2) is 5.78 Å². The molecule has 0 saturated heterocycles. The molecule has 1 heterocycles. The van der Waals surface area contributed by atoms with Gasteiger partial charge in [-0.15, -0.1) is 0 Å². The highest BCUT2D eigenvalue weighted by Gasteiger charge is 2.21. The van der Waals surface area contributed by atoms with E-state index in [0.29, 0.717) is 11.1 Å². The summed E-state index contributed by atoms with van der Waals surface area (Å²) in [6, 6.07) is 7.73. The van der Waals surface area contributed by atoms with Gasteiger partial charge >= 0.3 is 0 Å². The van der Waals surface area contributed by atoms with Crippen molar-refractivity contribution in [2.75, 3.05) is 6.61 Å². The maximum absolute atomic E-state index is 13.4. The number of fused-ring (bicyclic) bond motifs is 1. The number of ketones is 1. The van der Waals surface area contributed by atoms with Crippen LogP contribution in [0.5, 0.6) is 5.75 Å². The Hall–Kier alpha value is -2.16. The maximum atomic E-state index is 13.4. The Balaban J connectivity index is 2.10. The molecule has 0 spiro atoms. The number of rotatable bonds is 2. The molecule has 0 amide bonds. The summed E-state index contributed by atoms with van der Waals surface area (Å²) in [5.41, 5.74) is 4.08. The molecule has 0 radical (unpaired) electrons. The van der Waals surface area contributed by atoms with Crippen molar-refractivity contribution >= 4 is 5.78 Å². The molecule has 0 aromatic heterocycles. The molecule has 3 heteroatoms. The number of hydrogen-bond acceptors (Lipinski definition) is 2. The Labute approximate surface area is 129 Å². The van der Waals surface area contributed by atoms with E-state index in [1.807, 2.05) is 19.9 Å². The standard InChI is InChI=1S/C19H19FO2/c1-12-10-17(18(21)14-6-5-7-15(20)11-14)13(2)16-8-3-4-9-22-19(12)16/h5-7,10-11H,3-4,8-9H2,1-2H3. The quantitative estimate of drug-likeness (QED) is 0.769. The van der Waals surface area contributed by atoms with Crippen molar-refractivity contribution in [1.82, 2.24) is 0 Å². The lowest BCUT2D eigenvalue weighted by molar-refractivity contribution is 0.103. The molecular formula is C19H19FO2. The molecular weight excluding hydrogens is 279 g/mol. The predicted molar refractivity (Wildman–Crippen MR) is 84.2 cm³/mol. The largest absolute Gasteiger partial charge is 0.493 e. The minimum Gasteiger partial charge on any atom is -0.493 e. The van der Waals surface area contributed by atoms with Crippen LogP contribution in [0.15, 0.2) is 30.3 Å². The normalized spacial score (nSPS) is 14.0. The summed E-state index contributed by atoms with van der Waals surface area (Å²) in [5, 5.41) is 0. The van der Waals surface area contributed by atoms with Crippen LogP contribution < -0.4 is 4.74 Å². The average molecular weight is 298 g/mol. The second-order valence-corrected chi connectivity index (χ2v) is 5.82. The number of aryl methyl sites for hydroxylation is 1. The van der Waals surface area contributed by atoms with Crippen molar-refractivity contribution in [1.29, 1.82) is 0 Å². The molecule has 0 fully saturated rings. The van der Waals surface area contributed by atoms with Crippen LogP contribution in [0.2, 0.25) is 0 Å². The van der Waals surface area contributed by atoms with E-state index in [0.717, 1.165) is 48.3 Å². The van der Waals surface area contributed by atoms with Crippen LogP contribution >= 0.6 is 0 Å². The molecule has 114 valence electrons. The Morgan fingerprint density at radius 1 is 1.18 bits per heavy atom. The number of hydrogen-bond donors (Lipinski definition) is 0.